The monoisotopic (exact) mass is 227 g/mol. The van der Waals surface area contributed by atoms with Crippen molar-refractivity contribution in [1.82, 2.24) is 15.6 Å². The lowest BCUT2D eigenvalue weighted by atomic mass is 10.2. The van der Waals surface area contributed by atoms with Gasteiger partial charge in [-0.2, -0.15) is 0 Å². The fourth-order valence-electron chi connectivity index (χ4n) is 2.17. The molecule has 0 radical (unpaired) electrons. The molecule has 0 bridgehead atoms. The molecule has 0 atom stereocenters. The second-order valence-electron chi connectivity index (χ2n) is 4.32. The van der Waals surface area contributed by atoms with Crippen molar-refractivity contribution < 1.29 is 0 Å². The van der Waals surface area contributed by atoms with Crippen LogP contribution in [0.15, 0.2) is 4.99 Å². The molecule has 1 fully saturated rings. The zero-order valence-electron chi connectivity index (χ0n) is 10.5. The van der Waals surface area contributed by atoms with Crippen LogP contribution < -0.4 is 16.6 Å². The van der Waals surface area contributed by atoms with Gasteiger partial charge in [0.2, 0.25) is 5.96 Å². The fourth-order valence-corrected chi connectivity index (χ4v) is 2.17. The zero-order chi connectivity index (χ0) is 11.8. The Balaban J connectivity index is 2.21. The van der Waals surface area contributed by atoms with Crippen LogP contribution in [-0.4, -0.2) is 43.6 Å². The maximum absolute atomic E-state index is 5.34. The first kappa shape index (κ1) is 13.3. The Labute approximate surface area is 98.4 Å². The lowest BCUT2D eigenvalue weighted by molar-refractivity contribution is 0.252. The summed E-state index contributed by atoms with van der Waals surface area (Å²) in [6.45, 7) is 4.65. The van der Waals surface area contributed by atoms with Gasteiger partial charge >= 0.3 is 0 Å². The Morgan fingerprint density at radius 3 is 2.69 bits per heavy atom. The number of nitrogens with zero attached hydrogens (tertiary/aromatic N) is 2. The second kappa shape index (κ2) is 7.46. The van der Waals surface area contributed by atoms with Gasteiger partial charge in [0.25, 0.3) is 0 Å². The minimum atomic E-state index is 0.683. The molecule has 1 aliphatic carbocycles. The Morgan fingerprint density at radius 1 is 1.44 bits per heavy atom. The van der Waals surface area contributed by atoms with Crippen molar-refractivity contribution in [3.63, 3.8) is 0 Å². The van der Waals surface area contributed by atoms with E-state index in [0.717, 1.165) is 25.7 Å². The Hall–Kier alpha value is -0.810. The van der Waals surface area contributed by atoms with Gasteiger partial charge < -0.3 is 10.2 Å². The maximum atomic E-state index is 5.34. The van der Waals surface area contributed by atoms with Gasteiger partial charge in [0.1, 0.15) is 0 Å². The van der Waals surface area contributed by atoms with Gasteiger partial charge in [0, 0.05) is 19.1 Å². The summed E-state index contributed by atoms with van der Waals surface area (Å²) >= 11 is 0. The zero-order valence-corrected chi connectivity index (χ0v) is 10.5. The van der Waals surface area contributed by atoms with E-state index in [0.29, 0.717) is 5.96 Å². The third kappa shape index (κ3) is 4.37. The van der Waals surface area contributed by atoms with Crippen LogP contribution in [0.5, 0.6) is 0 Å². The minimum Gasteiger partial charge on any atom is -0.356 e. The summed E-state index contributed by atoms with van der Waals surface area (Å²) in [4.78, 5) is 6.78. The number of aliphatic imine (C=N–C) groups is 1. The number of likely N-dealkylation sites (N-methyl/N-ethyl adjacent to an activating group) is 1. The summed E-state index contributed by atoms with van der Waals surface area (Å²) in [5, 5.41) is 3.07. The molecular formula is C11H25N5. The van der Waals surface area contributed by atoms with Crippen LogP contribution in [-0.2, 0) is 0 Å². The Morgan fingerprint density at radius 2 is 2.12 bits per heavy atom. The predicted octanol–water partition coefficient (Wildman–Crippen LogP) is 0.290. The minimum absolute atomic E-state index is 0.683. The Bertz CT molecular complexity index is 210. The topological polar surface area (TPSA) is 65.7 Å². The van der Waals surface area contributed by atoms with Crippen LogP contribution in [0.2, 0.25) is 0 Å². The second-order valence-corrected chi connectivity index (χ2v) is 4.32. The molecule has 0 unspecified atom stereocenters. The van der Waals surface area contributed by atoms with Crippen molar-refractivity contribution in [3.05, 3.63) is 0 Å². The molecule has 4 N–H and O–H groups in total. The smallest absolute Gasteiger partial charge is 0.205 e. The molecule has 0 aromatic carbocycles. The maximum Gasteiger partial charge on any atom is 0.205 e. The highest BCUT2D eigenvalue weighted by molar-refractivity contribution is 5.79. The number of nitrogens with two attached hydrogens (primary N) is 1. The average Bonchev–Trinajstić information content (AvgIpc) is 2.81. The highest BCUT2D eigenvalue weighted by atomic mass is 15.3. The molecule has 0 heterocycles. The lowest BCUT2D eigenvalue weighted by Crippen LogP contribution is -2.42. The summed E-state index contributed by atoms with van der Waals surface area (Å²) < 4.78 is 0. The summed E-state index contributed by atoms with van der Waals surface area (Å²) in [7, 11) is 2.19. The number of hydrogen-bond donors (Lipinski definition) is 3. The fraction of sp³-hybridized carbons (Fsp3) is 0.909. The molecule has 5 nitrogen and oxygen atoms in total. The number of guanidine groups is 1. The van der Waals surface area contributed by atoms with Gasteiger partial charge in [-0.15, -0.1) is 0 Å². The first-order chi connectivity index (χ1) is 7.77. The van der Waals surface area contributed by atoms with Crippen LogP contribution in [0.25, 0.3) is 0 Å². The SMILES string of the molecule is CCNC(=NCCN(C)C1CCCC1)NN. The summed E-state index contributed by atoms with van der Waals surface area (Å²) in [6.07, 6.45) is 5.45. The molecule has 1 saturated carbocycles. The van der Waals surface area contributed by atoms with E-state index >= 15 is 0 Å². The number of hydrazine groups is 1. The number of nitrogens with one attached hydrogen (secondary N) is 2. The standard InChI is InChI=1S/C11H25N5/c1-3-13-11(15-12)14-8-9-16(2)10-6-4-5-7-10/h10H,3-9,12H2,1-2H3,(H2,13,14,15). The van der Waals surface area contributed by atoms with Gasteiger partial charge in [-0.1, -0.05) is 12.8 Å². The van der Waals surface area contributed by atoms with Crippen LogP contribution in [0.1, 0.15) is 32.6 Å². The van der Waals surface area contributed by atoms with E-state index in [2.05, 4.69) is 27.7 Å². The number of hydrogen-bond acceptors (Lipinski definition) is 3. The highest BCUT2D eigenvalue weighted by Crippen LogP contribution is 2.21. The van der Waals surface area contributed by atoms with Crippen molar-refractivity contribution in [1.29, 1.82) is 0 Å². The van der Waals surface area contributed by atoms with Gasteiger partial charge in [-0.25, -0.2) is 5.84 Å². The van der Waals surface area contributed by atoms with Crippen molar-refractivity contribution in [2.75, 3.05) is 26.7 Å². The third-order valence-corrected chi connectivity index (χ3v) is 3.15. The van der Waals surface area contributed by atoms with Crippen LogP contribution in [0, 0.1) is 0 Å². The normalized spacial score (nSPS) is 18.1. The summed E-state index contributed by atoms with van der Waals surface area (Å²) in [5.74, 6) is 6.02. The molecule has 0 aromatic rings. The molecule has 0 aromatic heterocycles. The molecule has 94 valence electrons. The largest absolute Gasteiger partial charge is 0.356 e. The van der Waals surface area contributed by atoms with Gasteiger partial charge in [-0.3, -0.25) is 10.4 Å². The van der Waals surface area contributed by atoms with E-state index in [1.807, 2.05) is 6.92 Å². The van der Waals surface area contributed by atoms with Crippen LogP contribution >= 0.6 is 0 Å². The van der Waals surface area contributed by atoms with Gasteiger partial charge in [0.15, 0.2) is 0 Å². The average molecular weight is 227 g/mol. The molecule has 16 heavy (non-hydrogen) atoms. The van der Waals surface area contributed by atoms with Crippen molar-refractivity contribution in [2.24, 2.45) is 10.8 Å². The molecule has 0 aliphatic heterocycles. The van der Waals surface area contributed by atoms with Crippen LogP contribution in [0.3, 0.4) is 0 Å². The van der Waals surface area contributed by atoms with Gasteiger partial charge in [-0.05, 0) is 26.8 Å². The summed E-state index contributed by atoms with van der Waals surface area (Å²) in [6, 6.07) is 0.767. The highest BCUT2D eigenvalue weighted by Gasteiger charge is 2.18. The van der Waals surface area contributed by atoms with Gasteiger partial charge in [0.05, 0.1) is 6.54 Å². The summed E-state index contributed by atoms with van der Waals surface area (Å²) in [5.41, 5.74) is 2.57. The van der Waals surface area contributed by atoms with Crippen molar-refractivity contribution >= 4 is 5.96 Å². The molecule has 5 heteroatoms. The molecule has 0 spiro atoms. The first-order valence-corrected chi connectivity index (χ1v) is 6.23. The molecule has 0 amide bonds. The third-order valence-electron chi connectivity index (χ3n) is 3.15. The number of rotatable bonds is 5. The molecule has 0 saturated heterocycles. The van der Waals surface area contributed by atoms with Crippen molar-refractivity contribution in [3.8, 4) is 0 Å². The van der Waals surface area contributed by atoms with E-state index in [1.54, 1.807) is 0 Å². The molecule has 1 rings (SSSR count). The first-order valence-electron chi connectivity index (χ1n) is 6.23. The van der Waals surface area contributed by atoms with E-state index in [-0.39, 0.29) is 0 Å². The van der Waals surface area contributed by atoms with Crippen molar-refractivity contribution in [2.45, 2.75) is 38.6 Å². The Kier molecular flexibility index (Phi) is 6.18. The quantitative estimate of drug-likeness (QED) is 0.273. The van der Waals surface area contributed by atoms with E-state index in [4.69, 9.17) is 5.84 Å². The van der Waals surface area contributed by atoms with E-state index in [9.17, 15) is 0 Å². The van der Waals surface area contributed by atoms with E-state index in [1.165, 1.54) is 25.7 Å². The lowest BCUT2D eigenvalue weighted by Gasteiger charge is -2.23. The molecular weight excluding hydrogens is 202 g/mol. The van der Waals surface area contributed by atoms with Crippen LogP contribution in [0.4, 0.5) is 0 Å². The molecule has 1 aliphatic rings. The predicted molar refractivity (Wildman–Crippen MR) is 68.2 cm³/mol. The van der Waals surface area contributed by atoms with E-state index < -0.39 is 0 Å².